The molecule has 1 atom stereocenters. The third-order valence-corrected chi connectivity index (χ3v) is 6.12. The normalized spacial score (nSPS) is 15.8. The molecule has 1 fully saturated rings. The molecule has 4 rings (SSSR count). The highest BCUT2D eigenvalue weighted by molar-refractivity contribution is 5.70. The lowest BCUT2D eigenvalue weighted by atomic mass is 9.91. The molecule has 0 saturated carbocycles. The Balaban J connectivity index is 1.56. The van der Waals surface area contributed by atoms with Gasteiger partial charge in [0.1, 0.15) is 18.1 Å². The van der Waals surface area contributed by atoms with Gasteiger partial charge in [0.15, 0.2) is 0 Å². The first-order chi connectivity index (χ1) is 15.7. The van der Waals surface area contributed by atoms with Gasteiger partial charge >= 0.3 is 5.97 Å². The minimum atomic E-state index is -0.696. The molecule has 0 aliphatic carbocycles. The summed E-state index contributed by atoms with van der Waals surface area (Å²) in [5.41, 5.74) is 3.35. The second-order valence-electron chi connectivity index (χ2n) is 8.14. The molecular formula is C27H29NO4. The summed E-state index contributed by atoms with van der Waals surface area (Å²) >= 11 is 0. The smallest absolute Gasteiger partial charge is 0.306 e. The van der Waals surface area contributed by atoms with Gasteiger partial charge in [0.05, 0.1) is 19.1 Å². The lowest BCUT2D eigenvalue weighted by molar-refractivity contribution is -0.143. The number of nitrogens with zero attached hydrogens (tertiary/aromatic N) is 1. The summed E-state index contributed by atoms with van der Waals surface area (Å²) in [7, 11) is 1.69. The Hall–Kier alpha value is -3.31. The molecule has 166 valence electrons. The van der Waals surface area contributed by atoms with Crippen LogP contribution in [0.15, 0.2) is 78.9 Å². The Morgan fingerprint density at radius 3 is 2.28 bits per heavy atom. The lowest BCUT2D eigenvalue weighted by Crippen LogP contribution is -2.39. The zero-order valence-electron chi connectivity index (χ0n) is 18.3. The van der Waals surface area contributed by atoms with Gasteiger partial charge in [-0.25, -0.2) is 0 Å². The molecule has 5 nitrogen and oxygen atoms in total. The molecule has 1 N–H and O–H groups in total. The number of para-hydroxylation sites is 1. The number of benzene rings is 3. The summed E-state index contributed by atoms with van der Waals surface area (Å²) in [4.78, 5) is 13.8. The van der Waals surface area contributed by atoms with Crippen molar-refractivity contribution in [1.82, 2.24) is 4.90 Å². The third kappa shape index (κ3) is 5.11. The first kappa shape index (κ1) is 21.9. The Morgan fingerprint density at radius 1 is 0.969 bits per heavy atom. The molecule has 1 aliphatic heterocycles. The highest BCUT2D eigenvalue weighted by atomic mass is 16.5. The fourth-order valence-corrected chi connectivity index (χ4v) is 4.37. The maximum Gasteiger partial charge on any atom is 0.306 e. The summed E-state index contributed by atoms with van der Waals surface area (Å²) < 4.78 is 11.6. The zero-order chi connectivity index (χ0) is 22.3. The van der Waals surface area contributed by atoms with Crippen LogP contribution in [-0.2, 0) is 11.4 Å². The van der Waals surface area contributed by atoms with Crippen LogP contribution in [0.5, 0.6) is 11.5 Å². The van der Waals surface area contributed by atoms with Crippen LogP contribution in [0.4, 0.5) is 0 Å². The van der Waals surface area contributed by atoms with E-state index in [0.717, 1.165) is 41.3 Å². The molecule has 3 aromatic carbocycles. The van der Waals surface area contributed by atoms with Crippen LogP contribution in [0.25, 0.3) is 0 Å². The number of hydrogen-bond donors (Lipinski definition) is 1. The summed E-state index contributed by atoms with van der Waals surface area (Å²) in [6.45, 7) is 1.98. The monoisotopic (exact) mass is 431 g/mol. The van der Waals surface area contributed by atoms with Crippen molar-refractivity contribution in [3.05, 3.63) is 95.6 Å². The maximum absolute atomic E-state index is 11.4. The number of methoxy groups -OCH3 is 1. The maximum atomic E-state index is 11.4. The SMILES string of the molecule is COc1ccccc1C(c1ccc(OCc2ccccc2)cc1)N1CCC(C(=O)O)CC1. The number of carbonyl (C=O) groups is 1. The minimum absolute atomic E-state index is 0.0101. The number of hydrogen-bond acceptors (Lipinski definition) is 4. The van der Waals surface area contributed by atoms with Gasteiger partial charge < -0.3 is 14.6 Å². The van der Waals surface area contributed by atoms with Gasteiger partial charge in [-0.1, -0.05) is 60.7 Å². The van der Waals surface area contributed by atoms with Gasteiger partial charge in [-0.05, 0) is 55.3 Å². The molecule has 0 radical (unpaired) electrons. The largest absolute Gasteiger partial charge is 0.496 e. The number of rotatable bonds is 8. The second kappa shape index (κ2) is 10.3. The number of carboxylic acids is 1. The van der Waals surface area contributed by atoms with Crippen molar-refractivity contribution in [1.29, 1.82) is 0 Å². The number of aliphatic carboxylic acids is 1. The molecule has 0 amide bonds. The molecule has 3 aromatic rings. The molecular weight excluding hydrogens is 402 g/mol. The van der Waals surface area contributed by atoms with E-state index < -0.39 is 5.97 Å². The average molecular weight is 432 g/mol. The van der Waals surface area contributed by atoms with Gasteiger partial charge in [-0.3, -0.25) is 9.69 Å². The first-order valence-corrected chi connectivity index (χ1v) is 11.0. The van der Waals surface area contributed by atoms with E-state index in [4.69, 9.17) is 9.47 Å². The summed E-state index contributed by atoms with van der Waals surface area (Å²) in [6, 6.07) is 26.4. The van der Waals surface area contributed by atoms with Crippen molar-refractivity contribution in [2.45, 2.75) is 25.5 Å². The molecule has 5 heteroatoms. The molecule has 1 saturated heterocycles. The minimum Gasteiger partial charge on any atom is -0.496 e. The zero-order valence-corrected chi connectivity index (χ0v) is 18.3. The van der Waals surface area contributed by atoms with Gasteiger partial charge in [-0.2, -0.15) is 0 Å². The topological polar surface area (TPSA) is 59.0 Å². The number of likely N-dealkylation sites (tertiary alicyclic amines) is 1. The number of carboxylic acid groups (broad SMARTS) is 1. The summed E-state index contributed by atoms with van der Waals surface area (Å²) in [5, 5.41) is 9.39. The molecule has 0 bridgehead atoms. The lowest BCUT2D eigenvalue weighted by Gasteiger charge is -2.37. The predicted molar refractivity (Wildman–Crippen MR) is 124 cm³/mol. The Bertz CT molecular complexity index is 1010. The van der Waals surface area contributed by atoms with E-state index in [1.807, 2.05) is 60.7 Å². The number of ether oxygens (including phenoxy) is 2. The molecule has 32 heavy (non-hydrogen) atoms. The van der Waals surface area contributed by atoms with Crippen molar-refractivity contribution >= 4 is 5.97 Å². The van der Waals surface area contributed by atoms with Crippen molar-refractivity contribution < 1.29 is 19.4 Å². The molecule has 0 spiro atoms. The van der Waals surface area contributed by atoms with Crippen LogP contribution >= 0.6 is 0 Å². The van der Waals surface area contributed by atoms with E-state index in [0.29, 0.717) is 19.4 Å². The van der Waals surface area contributed by atoms with Gasteiger partial charge in [-0.15, -0.1) is 0 Å². The number of piperidine rings is 1. The van der Waals surface area contributed by atoms with E-state index in [9.17, 15) is 9.90 Å². The fraction of sp³-hybridized carbons (Fsp3) is 0.296. The van der Waals surface area contributed by atoms with Crippen LogP contribution in [0.2, 0.25) is 0 Å². The highest BCUT2D eigenvalue weighted by Gasteiger charge is 2.31. The average Bonchev–Trinajstić information content (AvgIpc) is 2.85. The van der Waals surface area contributed by atoms with Crippen LogP contribution in [0, 0.1) is 5.92 Å². The third-order valence-electron chi connectivity index (χ3n) is 6.12. The fourth-order valence-electron chi connectivity index (χ4n) is 4.37. The first-order valence-electron chi connectivity index (χ1n) is 11.0. The quantitative estimate of drug-likeness (QED) is 0.534. The molecule has 1 unspecified atom stereocenters. The second-order valence-corrected chi connectivity index (χ2v) is 8.14. The Kier molecular flexibility index (Phi) is 7.07. The van der Waals surface area contributed by atoms with Crippen molar-refractivity contribution in [3.8, 4) is 11.5 Å². The van der Waals surface area contributed by atoms with E-state index in [1.54, 1.807) is 7.11 Å². The van der Waals surface area contributed by atoms with Crippen LogP contribution < -0.4 is 9.47 Å². The van der Waals surface area contributed by atoms with Crippen molar-refractivity contribution in [2.75, 3.05) is 20.2 Å². The van der Waals surface area contributed by atoms with Crippen LogP contribution in [0.1, 0.15) is 35.6 Å². The van der Waals surface area contributed by atoms with E-state index in [2.05, 4.69) is 23.1 Å². The molecule has 1 aliphatic rings. The summed E-state index contributed by atoms with van der Waals surface area (Å²) in [6.07, 6.45) is 1.30. The van der Waals surface area contributed by atoms with E-state index >= 15 is 0 Å². The van der Waals surface area contributed by atoms with Crippen molar-refractivity contribution in [2.24, 2.45) is 5.92 Å². The van der Waals surface area contributed by atoms with Crippen LogP contribution in [-0.4, -0.2) is 36.2 Å². The summed E-state index contributed by atoms with van der Waals surface area (Å²) in [5.74, 6) is 0.694. The standard InChI is InChI=1S/C27H29NO4/c1-31-25-10-6-5-9-24(25)26(28-17-15-22(16-18-28)27(29)30)21-11-13-23(14-12-21)32-19-20-7-3-2-4-8-20/h2-14,22,26H,15-19H2,1H3,(H,29,30). The Labute approximate surface area is 189 Å². The Morgan fingerprint density at radius 2 is 1.62 bits per heavy atom. The van der Waals surface area contributed by atoms with E-state index in [1.165, 1.54) is 0 Å². The van der Waals surface area contributed by atoms with Gasteiger partial charge in [0, 0.05) is 5.56 Å². The van der Waals surface area contributed by atoms with Gasteiger partial charge in [0.25, 0.3) is 0 Å². The van der Waals surface area contributed by atoms with Gasteiger partial charge in [0.2, 0.25) is 0 Å². The van der Waals surface area contributed by atoms with Crippen LogP contribution in [0.3, 0.4) is 0 Å². The molecule has 1 heterocycles. The molecule has 0 aromatic heterocycles. The van der Waals surface area contributed by atoms with E-state index in [-0.39, 0.29) is 12.0 Å². The predicted octanol–water partition coefficient (Wildman–Crippen LogP) is 5.16. The highest BCUT2D eigenvalue weighted by Crippen LogP contribution is 2.37. The van der Waals surface area contributed by atoms with Crippen molar-refractivity contribution in [3.63, 3.8) is 0 Å².